The van der Waals surface area contributed by atoms with Crippen LogP contribution in [0.3, 0.4) is 0 Å². The molecule has 3 nitrogen and oxygen atoms in total. The molecule has 0 amide bonds. The molecular formula is C26H50O3. The monoisotopic (exact) mass is 410 g/mol. The van der Waals surface area contributed by atoms with E-state index in [4.69, 9.17) is 4.74 Å². The summed E-state index contributed by atoms with van der Waals surface area (Å²) in [6.07, 6.45) is 23.1. The van der Waals surface area contributed by atoms with E-state index in [0.717, 1.165) is 25.7 Å². The van der Waals surface area contributed by atoms with Crippen LogP contribution in [0.25, 0.3) is 0 Å². The standard InChI is InChI=1S/C26H50O3/c1-4-6-8-10-12-14-15-16-18-20-22-25(24(3)27)26(28)29-23-21-19-17-13-11-9-7-5-2/h25H,4-23H2,1-3H3. The van der Waals surface area contributed by atoms with Crippen LogP contribution in [-0.4, -0.2) is 18.4 Å². The molecule has 1 atom stereocenters. The summed E-state index contributed by atoms with van der Waals surface area (Å²) in [7, 11) is 0. The molecule has 0 bridgehead atoms. The lowest BCUT2D eigenvalue weighted by Gasteiger charge is -2.13. The number of hydrogen-bond acceptors (Lipinski definition) is 3. The number of carbonyl (C=O) groups excluding carboxylic acids is 2. The fourth-order valence-electron chi connectivity index (χ4n) is 3.83. The van der Waals surface area contributed by atoms with Crippen molar-refractivity contribution in [3.05, 3.63) is 0 Å². The molecule has 0 aliphatic carbocycles. The minimum absolute atomic E-state index is 0.0400. The second kappa shape index (κ2) is 21.8. The third-order valence-corrected chi connectivity index (χ3v) is 5.86. The first-order valence-electron chi connectivity index (χ1n) is 12.8. The zero-order chi connectivity index (χ0) is 21.6. The van der Waals surface area contributed by atoms with Crippen LogP contribution >= 0.6 is 0 Å². The van der Waals surface area contributed by atoms with Gasteiger partial charge in [-0.2, -0.15) is 0 Å². The van der Waals surface area contributed by atoms with Gasteiger partial charge < -0.3 is 4.74 Å². The molecule has 0 spiro atoms. The van der Waals surface area contributed by atoms with Crippen molar-refractivity contribution in [3.63, 3.8) is 0 Å². The van der Waals surface area contributed by atoms with Gasteiger partial charge in [-0.15, -0.1) is 0 Å². The summed E-state index contributed by atoms with van der Waals surface area (Å²) in [4.78, 5) is 24.1. The zero-order valence-electron chi connectivity index (χ0n) is 19.9. The van der Waals surface area contributed by atoms with Gasteiger partial charge in [-0.05, 0) is 19.8 Å². The predicted molar refractivity (Wildman–Crippen MR) is 124 cm³/mol. The summed E-state index contributed by atoms with van der Waals surface area (Å²) < 4.78 is 5.39. The first kappa shape index (κ1) is 28.1. The first-order valence-corrected chi connectivity index (χ1v) is 12.8. The summed E-state index contributed by atoms with van der Waals surface area (Å²) in [6, 6.07) is 0. The second-order valence-electron chi connectivity index (χ2n) is 8.78. The molecule has 0 aromatic carbocycles. The number of carbonyl (C=O) groups is 2. The van der Waals surface area contributed by atoms with Crippen LogP contribution in [0.2, 0.25) is 0 Å². The fraction of sp³-hybridized carbons (Fsp3) is 0.923. The highest BCUT2D eigenvalue weighted by molar-refractivity contribution is 5.97. The van der Waals surface area contributed by atoms with Gasteiger partial charge in [-0.25, -0.2) is 0 Å². The van der Waals surface area contributed by atoms with Crippen LogP contribution in [0.15, 0.2) is 0 Å². The molecule has 29 heavy (non-hydrogen) atoms. The number of ether oxygens (including phenoxy) is 1. The van der Waals surface area contributed by atoms with Crippen molar-refractivity contribution in [2.24, 2.45) is 5.92 Å². The normalized spacial score (nSPS) is 12.1. The highest BCUT2D eigenvalue weighted by atomic mass is 16.5. The van der Waals surface area contributed by atoms with E-state index in [2.05, 4.69) is 13.8 Å². The summed E-state index contributed by atoms with van der Waals surface area (Å²) >= 11 is 0. The van der Waals surface area contributed by atoms with E-state index < -0.39 is 5.92 Å². The van der Waals surface area contributed by atoms with Crippen molar-refractivity contribution < 1.29 is 14.3 Å². The van der Waals surface area contributed by atoms with Crippen molar-refractivity contribution in [2.45, 2.75) is 143 Å². The number of ketones is 1. The fourth-order valence-corrected chi connectivity index (χ4v) is 3.83. The van der Waals surface area contributed by atoms with Crippen molar-refractivity contribution in [1.29, 1.82) is 0 Å². The van der Waals surface area contributed by atoms with Crippen LogP contribution < -0.4 is 0 Å². The van der Waals surface area contributed by atoms with Gasteiger partial charge in [0.05, 0.1) is 6.61 Å². The van der Waals surface area contributed by atoms with Crippen LogP contribution in [0.5, 0.6) is 0 Å². The predicted octanol–water partition coefficient (Wildman–Crippen LogP) is 8.19. The van der Waals surface area contributed by atoms with Crippen LogP contribution in [0.4, 0.5) is 0 Å². The van der Waals surface area contributed by atoms with Gasteiger partial charge in [0.1, 0.15) is 11.7 Å². The Morgan fingerprint density at radius 2 is 0.966 bits per heavy atom. The Morgan fingerprint density at radius 3 is 1.38 bits per heavy atom. The maximum absolute atomic E-state index is 12.2. The Morgan fingerprint density at radius 1 is 0.586 bits per heavy atom. The van der Waals surface area contributed by atoms with E-state index in [1.807, 2.05) is 0 Å². The maximum Gasteiger partial charge on any atom is 0.316 e. The topological polar surface area (TPSA) is 43.4 Å². The van der Waals surface area contributed by atoms with Crippen LogP contribution in [0, 0.1) is 5.92 Å². The number of rotatable bonds is 22. The lowest BCUT2D eigenvalue weighted by Crippen LogP contribution is -2.24. The van der Waals surface area contributed by atoms with Gasteiger partial charge >= 0.3 is 5.97 Å². The third-order valence-electron chi connectivity index (χ3n) is 5.86. The summed E-state index contributed by atoms with van der Waals surface area (Å²) in [6.45, 7) is 6.48. The number of unbranched alkanes of at least 4 members (excludes halogenated alkanes) is 16. The highest BCUT2D eigenvalue weighted by Gasteiger charge is 2.24. The Bertz CT molecular complexity index is 378. The van der Waals surface area contributed by atoms with Crippen molar-refractivity contribution in [3.8, 4) is 0 Å². The molecule has 0 saturated heterocycles. The Hall–Kier alpha value is -0.860. The van der Waals surface area contributed by atoms with Gasteiger partial charge in [-0.3, -0.25) is 9.59 Å². The molecule has 0 heterocycles. The molecule has 0 saturated carbocycles. The van der Waals surface area contributed by atoms with Gasteiger partial charge in [0.15, 0.2) is 0 Å². The van der Waals surface area contributed by atoms with Crippen molar-refractivity contribution >= 4 is 11.8 Å². The third kappa shape index (κ3) is 18.9. The first-order chi connectivity index (χ1) is 14.1. The molecule has 0 rings (SSSR count). The molecular weight excluding hydrogens is 360 g/mol. The van der Waals surface area contributed by atoms with Crippen molar-refractivity contribution in [2.75, 3.05) is 6.61 Å². The van der Waals surface area contributed by atoms with E-state index >= 15 is 0 Å². The lowest BCUT2D eigenvalue weighted by atomic mass is 9.97. The molecule has 0 N–H and O–H groups in total. The maximum atomic E-state index is 12.2. The molecule has 0 aromatic heterocycles. The number of hydrogen-bond donors (Lipinski definition) is 0. The molecule has 0 aliphatic rings. The quantitative estimate of drug-likeness (QED) is 0.103. The van der Waals surface area contributed by atoms with Gasteiger partial charge in [0.25, 0.3) is 0 Å². The number of esters is 1. The summed E-state index contributed by atoms with van der Waals surface area (Å²) in [5, 5.41) is 0. The van der Waals surface area contributed by atoms with Gasteiger partial charge in [0.2, 0.25) is 0 Å². The lowest BCUT2D eigenvalue weighted by molar-refractivity contribution is -0.152. The molecule has 3 heteroatoms. The Labute approximate surface area is 181 Å². The molecule has 0 fully saturated rings. The molecule has 0 aromatic rings. The average molecular weight is 411 g/mol. The molecule has 0 aliphatic heterocycles. The SMILES string of the molecule is CCCCCCCCCCCCC(C(C)=O)C(=O)OCCCCCCCCCC. The molecule has 0 radical (unpaired) electrons. The van der Waals surface area contributed by atoms with E-state index in [1.165, 1.54) is 96.8 Å². The molecule has 1 unspecified atom stereocenters. The largest absolute Gasteiger partial charge is 0.465 e. The van der Waals surface area contributed by atoms with Crippen LogP contribution in [0.1, 0.15) is 143 Å². The Balaban J connectivity index is 3.66. The second-order valence-corrected chi connectivity index (χ2v) is 8.78. The zero-order valence-corrected chi connectivity index (χ0v) is 19.9. The van der Waals surface area contributed by atoms with E-state index in [1.54, 1.807) is 0 Å². The average Bonchev–Trinajstić information content (AvgIpc) is 2.70. The minimum atomic E-state index is -0.543. The summed E-state index contributed by atoms with van der Waals surface area (Å²) in [5.41, 5.74) is 0. The van der Waals surface area contributed by atoms with Crippen LogP contribution in [-0.2, 0) is 14.3 Å². The van der Waals surface area contributed by atoms with E-state index in [-0.39, 0.29) is 11.8 Å². The van der Waals surface area contributed by atoms with Gasteiger partial charge in [0, 0.05) is 0 Å². The number of Topliss-reactive ketones (excluding diaryl/α,β-unsaturated/α-hetero) is 1. The van der Waals surface area contributed by atoms with Crippen molar-refractivity contribution in [1.82, 2.24) is 0 Å². The highest BCUT2D eigenvalue weighted by Crippen LogP contribution is 2.16. The molecule has 172 valence electrons. The van der Waals surface area contributed by atoms with E-state index in [0.29, 0.717) is 13.0 Å². The minimum Gasteiger partial charge on any atom is -0.465 e. The smallest absolute Gasteiger partial charge is 0.316 e. The summed E-state index contributed by atoms with van der Waals surface area (Å²) in [5.74, 6) is -0.878. The van der Waals surface area contributed by atoms with Gasteiger partial charge in [-0.1, -0.05) is 123 Å². The Kier molecular flexibility index (Phi) is 21.2. The van der Waals surface area contributed by atoms with E-state index in [9.17, 15) is 9.59 Å².